The Labute approximate surface area is 92.9 Å². The SMILES string of the molecule is COC(=O)c1ccc(C=CCC(N)=O)nc1. The van der Waals surface area contributed by atoms with E-state index < -0.39 is 11.9 Å². The van der Waals surface area contributed by atoms with E-state index in [2.05, 4.69) is 9.72 Å². The van der Waals surface area contributed by atoms with Crippen molar-refractivity contribution in [2.24, 2.45) is 5.73 Å². The van der Waals surface area contributed by atoms with Gasteiger partial charge in [-0.05, 0) is 18.2 Å². The van der Waals surface area contributed by atoms with Gasteiger partial charge in [0.05, 0.1) is 18.4 Å². The summed E-state index contributed by atoms with van der Waals surface area (Å²) in [6.45, 7) is 0. The zero-order valence-corrected chi connectivity index (χ0v) is 8.84. The van der Waals surface area contributed by atoms with E-state index in [1.807, 2.05) is 0 Å². The highest BCUT2D eigenvalue weighted by molar-refractivity contribution is 5.89. The van der Waals surface area contributed by atoms with Gasteiger partial charge in [0, 0.05) is 12.6 Å². The standard InChI is InChI=1S/C11H12N2O3/c1-16-11(15)8-5-6-9(13-7-8)3-2-4-10(12)14/h2-3,5-7H,4H2,1H3,(H2,12,14). The van der Waals surface area contributed by atoms with Crippen molar-refractivity contribution in [3.63, 3.8) is 0 Å². The van der Waals surface area contributed by atoms with Crippen LogP contribution in [0.5, 0.6) is 0 Å². The van der Waals surface area contributed by atoms with Crippen molar-refractivity contribution in [2.45, 2.75) is 6.42 Å². The summed E-state index contributed by atoms with van der Waals surface area (Å²) in [5.74, 6) is -0.831. The normalized spacial score (nSPS) is 10.3. The molecule has 0 aromatic carbocycles. The van der Waals surface area contributed by atoms with E-state index >= 15 is 0 Å². The number of carbonyl (C=O) groups excluding carboxylic acids is 2. The lowest BCUT2D eigenvalue weighted by molar-refractivity contribution is -0.117. The summed E-state index contributed by atoms with van der Waals surface area (Å²) < 4.78 is 4.53. The largest absolute Gasteiger partial charge is 0.465 e. The minimum Gasteiger partial charge on any atom is -0.465 e. The lowest BCUT2D eigenvalue weighted by Crippen LogP contribution is -2.07. The van der Waals surface area contributed by atoms with E-state index in [0.29, 0.717) is 11.3 Å². The van der Waals surface area contributed by atoms with Crippen LogP contribution in [0.2, 0.25) is 0 Å². The number of pyridine rings is 1. The minimum absolute atomic E-state index is 0.167. The number of esters is 1. The third-order valence-electron chi connectivity index (χ3n) is 1.82. The maximum absolute atomic E-state index is 11.1. The highest BCUT2D eigenvalue weighted by Crippen LogP contribution is 2.03. The van der Waals surface area contributed by atoms with E-state index in [4.69, 9.17) is 5.73 Å². The Morgan fingerprint density at radius 2 is 2.25 bits per heavy atom. The average Bonchev–Trinajstić information content (AvgIpc) is 2.28. The summed E-state index contributed by atoms with van der Waals surface area (Å²) >= 11 is 0. The molecule has 0 radical (unpaired) electrons. The molecule has 5 nitrogen and oxygen atoms in total. The van der Waals surface area contributed by atoms with E-state index in [0.717, 1.165) is 0 Å². The number of methoxy groups -OCH3 is 1. The van der Waals surface area contributed by atoms with Crippen LogP contribution in [0.4, 0.5) is 0 Å². The molecule has 0 aliphatic heterocycles. The van der Waals surface area contributed by atoms with E-state index in [1.165, 1.54) is 13.3 Å². The number of rotatable bonds is 4. The maximum atomic E-state index is 11.1. The first kappa shape index (κ1) is 11.9. The summed E-state index contributed by atoms with van der Waals surface area (Å²) in [5, 5.41) is 0. The van der Waals surface area contributed by atoms with Crippen LogP contribution in [0.25, 0.3) is 6.08 Å². The molecule has 0 aliphatic rings. The van der Waals surface area contributed by atoms with Gasteiger partial charge in [-0.25, -0.2) is 4.79 Å². The Kier molecular flexibility index (Phi) is 4.20. The molecule has 1 rings (SSSR count). The van der Waals surface area contributed by atoms with Crippen molar-refractivity contribution >= 4 is 18.0 Å². The lowest BCUT2D eigenvalue weighted by Gasteiger charge is -1.98. The van der Waals surface area contributed by atoms with Crippen LogP contribution in [0, 0.1) is 0 Å². The molecule has 1 aromatic rings. The molecule has 5 heteroatoms. The summed E-state index contributed by atoms with van der Waals surface area (Å²) in [6.07, 6.45) is 4.85. The number of hydrogen-bond acceptors (Lipinski definition) is 4. The highest BCUT2D eigenvalue weighted by atomic mass is 16.5. The van der Waals surface area contributed by atoms with Crippen LogP contribution >= 0.6 is 0 Å². The number of amides is 1. The number of ether oxygens (including phenoxy) is 1. The second-order valence-electron chi connectivity index (χ2n) is 3.04. The van der Waals surface area contributed by atoms with Crippen LogP contribution in [-0.4, -0.2) is 24.0 Å². The molecule has 0 fully saturated rings. The molecule has 1 heterocycles. The van der Waals surface area contributed by atoms with Gasteiger partial charge in [0.2, 0.25) is 5.91 Å². The van der Waals surface area contributed by atoms with Crippen LogP contribution in [0.15, 0.2) is 24.4 Å². The molecular weight excluding hydrogens is 208 g/mol. The third kappa shape index (κ3) is 3.53. The molecule has 2 N–H and O–H groups in total. The predicted octanol–water partition coefficient (Wildman–Crippen LogP) is 0.757. The number of hydrogen-bond donors (Lipinski definition) is 1. The van der Waals surface area contributed by atoms with Gasteiger partial charge < -0.3 is 10.5 Å². The van der Waals surface area contributed by atoms with Crippen molar-refractivity contribution < 1.29 is 14.3 Å². The first-order valence-electron chi connectivity index (χ1n) is 4.62. The fourth-order valence-corrected chi connectivity index (χ4v) is 1.04. The monoisotopic (exact) mass is 220 g/mol. The summed E-state index contributed by atoms with van der Waals surface area (Å²) in [7, 11) is 1.31. The minimum atomic E-state index is -0.430. The van der Waals surface area contributed by atoms with Gasteiger partial charge in [0.25, 0.3) is 0 Å². The summed E-state index contributed by atoms with van der Waals surface area (Å²) in [5.41, 5.74) is 6.00. The molecule has 0 aliphatic carbocycles. The van der Waals surface area contributed by atoms with Crippen LogP contribution in [0.1, 0.15) is 22.5 Å². The Balaban J connectivity index is 2.68. The zero-order valence-electron chi connectivity index (χ0n) is 8.84. The van der Waals surface area contributed by atoms with E-state index in [9.17, 15) is 9.59 Å². The fraction of sp³-hybridized carbons (Fsp3) is 0.182. The number of primary amides is 1. The van der Waals surface area contributed by atoms with Gasteiger partial charge in [-0.2, -0.15) is 0 Å². The number of nitrogens with zero attached hydrogens (tertiary/aromatic N) is 1. The van der Waals surface area contributed by atoms with Crippen molar-refractivity contribution in [1.29, 1.82) is 0 Å². The molecule has 1 amide bonds. The Morgan fingerprint density at radius 1 is 1.50 bits per heavy atom. The molecule has 0 atom stereocenters. The number of nitrogens with two attached hydrogens (primary N) is 1. The molecule has 0 unspecified atom stereocenters. The Morgan fingerprint density at radius 3 is 2.75 bits per heavy atom. The van der Waals surface area contributed by atoms with E-state index in [1.54, 1.807) is 24.3 Å². The summed E-state index contributed by atoms with van der Waals surface area (Å²) in [6, 6.07) is 3.26. The Bertz CT molecular complexity index is 410. The maximum Gasteiger partial charge on any atom is 0.339 e. The molecular formula is C11H12N2O3. The molecule has 0 saturated carbocycles. The fourth-order valence-electron chi connectivity index (χ4n) is 1.04. The van der Waals surface area contributed by atoms with Crippen LogP contribution < -0.4 is 5.73 Å². The quantitative estimate of drug-likeness (QED) is 0.759. The second kappa shape index (κ2) is 5.65. The van der Waals surface area contributed by atoms with Gasteiger partial charge in [-0.15, -0.1) is 0 Å². The topological polar surface area (TPSA) is 82.3 Å². The van der Waals surface area contributed by atoms with Crippen molar-refractivity contribution in [3.8, 4) is 0 Å². The van der Waals surface area contributed by atoms with Crippen molar-refractivity contribution in [3.05, 3.63) is 35.7 Å². The van der Waals surface area contributed by atoms with Gasteiger partial charge >= 0.3 is 5.97 Å². The molecule has 0 saturated heterocycles. The van der Waals surface area contributed by atoms with Crippen LogP contribution in [-0.2, 0) is 9.53 Å². The molecule has 0 bridgehead atoms. The first-order valence-corrected chi connectivity index (χ1v) is 4.62. The molecule has 1 aromatic heterocycles. The zero-order chi connectivity index (χ0) is 12.0. The number of aromatic nitrogens is 1. The molecule has 16 heavy (non-hydrogen) atoms. The van der Waals surface area contributed by atoms with E-state index in [-0.39, 0.29) is 6.42 Å². The second-order valence-corrected chi connectivity index (χ2v) is 3.04. The van der Waals surface area contributed by atoms with Gasteiger partial charge in [-0.3, -0.25) is 9.78 Å². The van der Waals surface area contributed by atoms with Crippen molar-refractivity contribution in [2.75, 3.05) is 7.11 Å². The average molecular weight is 220 g/mol. The van der Waals surface area contributed by atoms with Crippen LogP contribution in [0.3, 0.4) is 0 Å². The highest BCUT2D eigenvalue weighted by Gasteiger charge is 2.03. The Hall–Kier alpha value is -2.17. The first-order chi connectivity index (χ1) is 7.63. The lowest BCUT2D eigenvalue weighted by atomic mass is 10.2. The molecule has 84 valence electrons. The van der Waals surface area contributed by atoms with Crippen molar-refractivity contribution in [1.82, 2.24) is 4.98 Å². The molecule has 0 spiro atoms. The summed E-state index contributed by atoms with van der Waals surface area (Å²) in [4.78, 5) is 25.6. The van der Waals surface area contributed by atoms with Gasteiger partial charge in [-0.1, -0.05) is 6.08 Å². The third-order valence-corrected chi connectivity index (χ3v) is 1.82. The smallest absolute Gasteiger partial charge is 0.339 e. The number of carbonyl (C=O) groups is 2. The van der Waals surface area contributed by atoms with Gasteiger partial charge in [0.15, 0.2) is 0 Å². The predicted molar refractivity (Wildman–Crippen MR) is 58.4 cm³/mol. The van der Waals surface area contributed by atoms with Gasteiger partial charge in [0.1, 0.15) is 0 Å².